The van der Waals surface area contributed by atoms with Crippen molar-refractivity contribution >= 4 is 5.97 Å². The topological polar surface area (TPSA) is 66.8 Å². The predicted octanol–water partition coefficient (Wildman–Crippen LogP) is 0.644. The number of rotatable bonds is 4. The molecule has 0 aromatic heterocycles. The largest absolute Gasteiger partial charge is 0.467 e. The predicted molar refractivity (Wildman–Crippen MR) is 54.0 cm³/mol. The quantitative estimate of drug-likeness (QED) is 0.716. The molecule has 0 amide bonds. The Morgan fingerprint density at radius 1 is 1.33 bits per heavy atom. The van der Waals surface area contributed by atoms with Gasteiger partial charge in [0, 0.05) is 6.42 Å². The summed E-state index contributed by atoms with van der Waals surface area (Å²) in [6.07, 6.45) is -2.21. The maximum absolute atomic E-state index is 10.9. The molecule has 1 aromatic rings. The number of hydrogen-bond donors (Lipinski definition) is 2. The van der Waals surface area contributed by atoms with Gasteiger partial charge in [-0.3, -0.25) is 0 Å². The van der Waals surface area contributed by atoms with E-state index in [-0.39, 0.29) is 6.42 Å². The van der Waals surface area contributed by atoms with Crippen LogP contribution in [0.3, 0.4) is 0 Å². The van der Waals surface area contributed by atoms with Gasteiger partial charge in [0.25, 0.3) is 0 Å². The number of benzene rings is 1. The van der Waals surface area contributed by atoms with Crippen molar-refractivity contribution in [3.63, 3.8) is 0 Å². The van der Waals surface area contributed by atoms with Crippen LogP contribution in [0.2, 0.25) is 0 Å². The summed E-state index contributed by atoms with van der Waals surface area (Å²) in [5.41, 5.74) is 0.667. The highest BCUT2D eigenvalue weighted by molar-refractivity contribution is 5.74. The zero-order chi connectivity index (χ0) is 11.3. The lowest BCUT2D eigenvalue weighted by molar-refractivity contribution is -0.152. The third kappa shape index (κ3) is 3.34. The maximum atomic E-state index is 10.9. The van der Waals surface area contributed by atoms with Crippen LogP contribution in [-0.4, -0.2) is 29.4 Å². The molecule has 4 nitrogen and oxygen atoms in total. The Morgan fingerprint density at radius 2 is 1.93 bits per heavy atom. The lowest BCUT2D eigenvalue weighted by atomic mass is 10.0. The number of carbonyl (C=O) groups is 1. The van der Waals surface area contributed by atoms with E-state index in [0.29, 0.717) is 5.56 Å². The van der Waals surface area contributed by atoms with Gasteiger partial charge < -0.3 is 14.9 Å². The molecule has 0 saturated heterocycles. The van der Waals surface area contributed by atoms with Crippen molar-refractivity contribution in [3.8, 4) is 0 Å². The molecule has 2 N–H and O–H groups in total. The average molecular weight is 210 g/mol. The van der Waals surface area contributed by atoms with Gasteiger partial charge in [-0.15, -0.1) is 0 Å². The van der Waals surface area contributed by atoms with E-state index in [9.17, 15) is 15.0 Å². The van der Waals surface area contributed by atoms with E-state index in [4.69, 9.17) is 0 Å². The van der Waals surface area contributed by atoms with Crippen LogP contribution in [0.25, 0.3) is 0 Å². The number of aliphatic hydroxyl groups excluding tert-OH is 2. The molecule has 0 aliphatic carbocycles. The molecule has 1 rings (SSSR count). The first-order valence-corrected chi connectivity index (χ1v) is 4.64. The molecule has 0 radical (unpaired) electrons. The highest BCUT2D eigenvalue weighted by Crippen LogP contribution is 2.18. The minimum atomic E-state index is -1.29. The second kappa shape index (κ2) is 5.48. The van der Waals surface area contributed by atoms with Crippen LogP contribution in [0.4, 0.5) is 0 Å². The lowest BCUT2D eigenvalue weighted by Gasteiger charge is -2.13. The van der Waals surface area contributed by atoms with Gasteiger partial charge in [-0.2, -0.15) is 0 Å². The maximum Gasteiger partial charge on any atom is 0.334 e. The molecule has 15 heavy (non-hydrogen) atoms. The molecular weight excluding hydrogens is 196 g/mol. The molecular formula is C11H14O4. The number of hydrogen-bond acceptors (Lipinski definition) is 4. The van der Waals surface area contributed by atoms with E-state index in [1.807, 2.05) is 6.07 Å². The molecule has 0 spiro atoms. The molecule has 2 atom stereocenters. The Morgan fingerprint density at radius 3 is 2.47 bits per heavy atom. The molecule has 1 aromatic carbocycles. The molecule has 0 heterocycles. The third-order valence-corrected chi connectivity index (χ3v) is 2.10. The summed E-state index contributed by atoms with van der Waals surface area (Å²) in [6.45, 7) is 0. The van der Waals surface area contributed by atoms with Crippen molar-refractivity contribution in [1.82, 2.24) is 0 Å². The molecule has 0 aliphatic heterocycles. The average Bonchev–Trinajstić information content (AvgIpc) is 2.29. The fourth-order valence-electron chi connectivity index (χ4n) is 1.26. The summed E-state index contributed by atoms with van der Waals surface area (Å²) in [7, 11) is 1.19. The van der Waals surface area contributed by atoms with Crippen LogP contribution in [-0.2, 0) is 9.53 Å². The van der Waals surface area contributed by atoms with E-state index in [1.165, 1.54) is 7.11 Å². The smallest absolute Gasteiger partial charge is 0.334 e. The van der Waals surface area contributed by atoms with E-state index < -0.39 is 18.2 Å². The number of carbonyl (C=O) groups excluding carboxylic acids is 1. The molecule has 4 heteroatoms. The van der Waals surface area contributed by atoms with Gasteiger partial charge in [0.15, 0.2) is 6.10 Å². The van der Waals surface area contributed by atoms with Gasteiger partial charge in [0.1, 0.15) is 0 Å². The minimum absolute atomic E-state index is 0.0588. The summed E-state index contributed by atoms with van der Waals surface area (Å²) < 4.78 is 4.35. The van der Waals surface area contributed by atoms with Crippen molar-refractivity contribution < 1.29 is 19.7 Å². The Bertz CT molecular complexity index is 310. The fraction of sp³-hybridized carbons (Fsp3) is 0.364. The first-order valence-electron chi connectivity index (χ1n) is 4.64. The molecule has 82 valence electrons. The highest BCUT2D eigenvalue weighted by Gasteiger charge is 2.20. The number of methoxy groups -OCH3 is 1. The van der Waals surface area contributed by atoms with Crippen LogP contribution in [0.1, 0.15) is 18.1 Å². The monoisotopic (exact) mass is 210 g/mol. The van der Waals surface area contributed by atoms with E-state index >= 15 is 0 Å². The minimum Gasteiger partial charge on any atom is -0.467 e. The summed E-state index contributed by atoms with van der Waals surface area (Å²) in [5, 5.41) is 19.0. The van der Waals surface area contributed by atoms with Crippen LogP contribution in [0, 0.1) is 0 Å². The second-order valence-electron chi connectivity index (χ2n) is 3.20. The zero-order valence-electron chi connectivity index (χ0n) is 8.46. The number of ether oxygens (including phenoxy) is 1. The van der Waals surface area contributed by atoms with Gasteiger partial charge in [-0.05, 0) is 5.56 Å². The van der Waals surface area contributed by atoms with Crippen LogP contribution in [0.5, 0.6) is 0 Å². The summed E-state index contributed by atoms with van der Waals surface area (Å²) in [5.74, 6) is -0.731. The van der Waals surface area contributed by atoms with Gasteiger partial charge >= 0.3 is 5.97 Å². The lowest BCUT2D eigenvalue weighted by Crippen LogP contribution is -2.24. The SMILES string of the molecule is COC(=O)C(O)CC(O)c1ccccc1. The number of aliphatic hydroxyl groups is 2. The normalized spacial score (nSPS) is 14.3. The first kappa shape index (κ1) is 11.7. The Kier molecular flexibility index (Phi) is 4.27. The summed E-state index contributed by atoms with van der Waals surface area (Å²) in [4.78, 5) is 10.9. The molecule has 0 fully saturated rings. The van der Waals surface area contributed by atoms with Gasteiger partial charge in [-0.1, -0.05) is 30.3 Å². The van der Waals surface area contributed by atoms with Crippen molar-refractivity contribution in [3.05, 3.63) is 35.9 Å². The second-order valence-corrected chi connectivity index (χ2v) is 3.20. The van der Waals surface area contributed by atoms with Crippen LogP contribution in [0.15, 0.2) is 30.3 Å². The Labute approximate surface area is 88.1 Å². The third-order valence-electron chi connectivity index (χ3n) is 2.10. The highest BCUT2D eigenvalue weighted by atomic mass is 16.5. The molecule has 0 aliphatic rings. The Balaban J connectivity index is 2.56. The van der Waals surface area contributed by atoms with Crippen molar-refractivity contribution in [2.45, 2.75) is 18.6 Å². The van der Waals surface area contributed by atoms with E-state index in [0.717, 1.165) is 0 Å². The van der Waals surface area contributed by atoms with Crippen LogP contribution < -0.4 is 0 Å². The van der Waals surface area contributed by atoms with E-state index in [2.05, 4.69) is 4.74 Å². The molecule has 0 saturated carbocycles. The van der Waals surface area contributed by atoms with Gasteiger partial charge in [0.2, 0.25) is 0 Å². The summed E-state index contributed by atoms with van der Waals surface area (Å²) in [6, 6.07) is 8.85. The van der Waals surface area contributed by atoms with Crippen molar-refractivity contribution in [2.24, 2.45) is 0 Å². The first-order chi connectivity index (χ1) is 7.15. The standard InChI is InChI=1S/C11H14O4/c1-15-11(14)10(13)7-9(12)8-5-3-2-4-6-8/h2-6,9-10,12-13H,7H2,1H3. The van der Waals surface area contributed by atoms with Gasteiger partial charge in [0.05, 0.1) is 13.2 Å². The Hall–Kier alpha value is -1.39. The van der Waals surface area contributed by atoms with E-state index in [1.54, 1.807) is 24.3 Å². The summed E-state index contributed by atoms with van der Waals surface area (Å²) >= 11 is 0. The molecule has 0 bridgehead atoms. The van der Waals surface area contributed by atoms with Crippen LogP contribution >= 0.6 is 0 Å². The van der Waals surface area contributed by atoms with Gasteiger partial charge in [-0.25, -0.2) is 4.79 Å². The number of esters is 1. The molecule has 2 unspecified atom stereocenters. The van der Waals surface area contributed by atoms with Crippen molar-refractivity contribution in [1.29, 1.82) is 0 Å². The fourth-order valence-corrected chi connectivity index (χ4v) is 1.26. The van der Waals surface area contributed by atoms with Crippen molar-refractivity contribution in [2.75, 3.05) is 7.11 Å². The zero-order valence-corrected chi connectivity index (χ0v) is 8.46.